The molecule has 1 amide bonds. The summed E-state index contributed by atoms with van der Waals surface area (Å²) in [4.78, 5) is 13.3. The Labute approximate surface area is 277 Å². The molecule has 15 heteroatoms. The first-order chi connectivity index (χ1) is 22.4. The van der Waals surface area contributed by atoms with Crippen LogP contribution in [-0.2, 0) is 56.8 Å². The van der Waals surface area contributed by atoms with E-state index < -0.39 is 5.60 Å². The fourth-order valence-corrected chi connectivity index (χ4v) is 3.11. The van der Waals surface area contributed by atoms with Crippen molar-refractivity contribution < 1.29 is 61.6 Å². The lowest BCUT2D eigenvalue weighted by molar-refractivity contribution is -0.0276. The summed E-state index contributed by atoms with van der Waals surface area (Å²) in [5.74, 6) is 0. The molecule has 15 nitrogen and oxygen atoms in total. The van der Waals surface area contributed by atoms with Crippen molar-refractivity contribution in [3.05, 3.63) is 0 Å². The van der Waals surface area contributed by atoms with Crippen LogP contribution in [0.3, 0.4) is 0 Å². The summed E-state index contributed by atoms with van der Waals surface area (Å²) >= 11 is 0. The van der Waals surface area contributed by atoms with Crippen molar-refractivity contribution in [1.82, 2.24) is 10.2 Å². The number of amides is 1. The molecule has 0 atom stereocenters. The zero-order valence-corrected chi connectivity index (χ0v) is 29.2. The number of rotatable bonds is 36. The van der Waals surface area contributed by atoms with Crippen molar-refractivity contribution in [3.8, 4) is 0 Å². The van der Waals surface area contributed by atoms with Crippen LogP contribution in [0.15, 0.2) is 0 Å². The van der Waals surface area contributed by atoms with Gasteiger partial charge in [-0.3, -0.25) is 0 Å². The second-order valence-corrected chi connectivity index (χ2v) is 10.7. The Morgan fingerprint density at radius 1 is 0.457 bits per heavy atom. The molecule has 0 bridgehead atoms. The molecule has 0 heterocycles. The van der Waals surface area contributed by atoms with E-state index in [1.807, 2.05) is 27.8 Å². The lowest BCUT2D eigenvalue weighted by Gasteiger charge is -2.24. The standard InChI is InChI=1S/C31H64N2O13/c1-31(2,3)46-30(34)33(5)7-9-36-11-13-38-15-17-40-19-21-42-23-25-44-27-29-45-28-26-43-24-22-41-20-18-39-16-14-37-12-10-35-8-6-32-4/h32H,6-29H2,1-5H3. The van der Waals surface area contributed by atoms with E-state index in [1.54, 1.807) is 7.05 Å². The molecule has 0 rings (SSSR count). The highest BCUT2D eigenvalue weighted by molar-refractivity contribution is 5.67. The topological polar surface area (TPSA) is 143 Å². The third kappa shape index (κ3) is 37.2. The highest BCUT2D eigenvalue weighted by Crippen LogP contribution is 2.08. The molecule has 0 aliphatic heterocycles. The molecule has 0 spiro atoms. The average Bonchev–Trinajstić information content (AvgIpc) is 3.02. The van der Waals surface area contributed by atoms with E-state index in [-0.39, 0.29) is 6.09 Å². The van der Waals surface area contributed by atoms with Gasteiger partial charge >= 0.3 is 6.09 Å². The molecule has 0 aromatic heterocycles. The van der Waals surface area contributed by atoms with Gasteiger partial charge in [0.25, 0.3) is 0 Å². The SMILES string of the molecule is CNCCOCCOCCOCCOCCOCCOCCOCCOCCOCCOCCOCCN(C)C(=O)OC(C)(C)C. The molecule has 0 saturated heterocycles. The van der Waals surface area contributed by atoms with Gasteiger partial charge in [0.15, 0.2) is 0 Å². The number of ether oxygens (including phenoxy) is 12. The molecule has 0 unspecified atom stereocenters. The Balaban J connectivity index is 3.14. The van der Waals surface area contributed by atoms with Crippen LogP contribution in [0.25, 0.3) is 0 Å². The van der Waals surface area contributed by atoms with Crippen molar-refractivity contribution >= 4 is 6.09 Å². The predicted molar refractivity (Wildman–Crippen MR) is 172 cm³/mol. The third-order valence-electron chi connectivity index (χ3n) is 5.49. The van der Waals surface area contributed by atoms with Crippen LogP contribution in [-0.4, -0.2) is 189 Å². The molecule has 0 aromatic carbocycles. The number of nitrogens with zero attached hydrogens (tertiary/aromatic N) is 1. The zero-order valence-electron chi connectivity index (χ0n) is 29.2. The maximum Gasteiger partial charge on any atom is 0.410 e. The molecular formula is C31H64N2O13. The van der Waals surface area contributed by atoms with E-state index in [1.165, 1.54) is 4.90 Å². The minimum atomic E-state index is -0.509. The fraction of sp³-hybridized carbons (Fsp3) is 0.968. The second-order valence-electron chi connectivity index (χ2n) is 10.7. The Morgan fingerprint density at radius 3 is 0.935 bits per heavy atom. The second kappa shape index (κ2) is 35.1. The Hall–Kier alpha value is -1.21. The van der Waals surface area contributed by atoms with Crippen LogP contribution < -0.4 is 5.32 Å². The van der Waals surface area contributed by atoms with E-state index in [9.17, 15) is 4.79 Å². The largest absolute Gasteiger partial charge is 0.444 e. The van der Waals surface area contributed by atoms with Gasteiger partial charge in [-0.2, -0.15) is 0 Å². The first kappa shape index (κ1) is 44.8. The minimum Gasteiger partial charge on any atom is -0.444 e. The monoisotopic (exact) mass is 672 g/mol. The molecule has 1 N–H and O–H groups in total. The van der Waals surface area contributed by atoms with Gasteiger partial charge in [0.05, 0.1) is 145 Å². The molecule has 0 aliphatic rings. The molecule has 0 aromatic rings. The first-order valence-electron chi connectivity index (χ1n) is 16.3. The normalized spacial score (nSPS) is 11.8. The molecule has 276 valence electrons. The lowest BCUT2D eigenvalue weighted by atomic mass is 10.2. The molecule has 46 heavy (non-hydrogen) atoms. The van der Waals surface area contributed by atoms with Crippen molar-refractivity contribution in [1.29, 1.82) is 0 Å². The quantitative estimate of drug-likeness (QED) is 0.0954. The van der Waals surface area contributed by atoms with Crippen LogP contribution in [0.1, 0.15) is 20.8 Å². The molecule has 0 radical (unpaired) electrons. The van der Waals surface area contributed by atoms with Gasteiger partial charge in [-0.25, -0.2) is 4.79 Å². The molecular weight excluding hydrogens is 608 g/mol. The minimum absolute atomic E-state index is 0.364. The summed E-state index contributed by atoms with van der Waals surface area (Å²) in [7, 11) is 3.58. The summed E-state index contributed by atoms with van der Waals surface area (Å²) in [6.07, 6.45) is -0.364. The maximum absolute atomic E-state index is 11.8. The van der Waals surface area contributed by atoms with E-state index in [4.69, 9.17) is 56.8 Å². The van der Waals surface area contributed by atoms with E-state index >= 15 is 0 Å². The fourth-order valence-electron chi connectivity index (χ4n) is 3.11. The van der Waals surface area contributed by atoms with Gasteiger partial charge in [-0.1, -0.05) is 0 Å². The van der Waals surface area contributed by atoms with Crippen LogP contribution in [0, 0.1) is 0 Å². The number of carbonyl (C=O) groups is 1. The summed E-state index contributed by atoms with van der Waals surface area (Å²) in [5, 5.41) is 3.02. The Bertz CT molecular complexity index is 630. The lowest BCUT2D eigenvalue weighted by Crippen LogP contribution is -2.36. The van der Waals surface area contributed by atoms with E-state index in [2.05, 4.69) is 5.32 Å². The van der Waals surface area contributed by atoms with Gasteiger partial charge in [0.2, 0.25) is 0 Å². The molecule has 0 aliphatic carbocycles. The van der Waals surface area contributed by atoms with Crippen molar-refractivity contribution in [2.24, 2.45) is 0 Å². The maximum atomic E-state index is 11.8. The molecule has 0 fully saturated rings. The van der Waals surface area contributed by atoms with E-state index in [0.29, 0.717) is 152 Å². The van der Waals surface area contributed by atoms with Gasteiger partial charge in [-0.05, 0) is 27.8 Å². The third-order valence-corrected chi connectivity index (χ3v) is 5.49. The Kier molecular flexibility index (Phi) is 34.2. The smallest absolute Gasteiger partial charge is 0.410 e. The zero-order chi connectivity index (χ0) is 33.8. The van der Waals surface area contributed by atoms with Gasteiger partial charge < -0.3 is 67.1 Å². The average molecular weight is 673 g/mol. The number of likely N-dealkylation sites (N-methyl/N-ethyl adjacent to an activating group) is 2. The highest BCUT2D eigenvalue weighted by atomic mass is 16.6. The first-order valence-corrected chi connectivity index (χ1v) is 16.3. The van der Waals surface area contributed by atoms with Gasteiger partial charge in [0.1, 0.15) is 5.60 Å². The van der Waals surface area contributed by atoms with Crippen molar-refractivity contribution in [2.75, 3.05) is 173 Å². The summed E-state index contributed by atoms with van der Waals surface area (Å²) in [6, 6.07) is 0. The van der Waals surface area contributed by atoms with Gasteiger partial charge in [0, 0.05) is 20.1 Å². The summed E-state index contributed by atoms with van der Waals surface area (Å²) in [5.41, 5.74) is -0.509. The summed E-state index contributed by atoms with van der Waals surface area (Å²) < 4.78 is 65.3. The van der Waals surface area contributed by atoms with Crippen molar-refractivity contribution in [3.63, 3.8) is 0 Å². The number of hydrogen-bond acceptors (Lipinski definition) is 14. The number of hydrogen-bond donors (Lipinski definition) is 1. The van der Waals surface area contributed by atoms with Crippen molar-refractivity contribution in [2.45, 2.75) is 26.4 Å². The Morgan fingerprint density at radius 2 is 0.696 bits per heavy atom. The van der Waals surface area contributed by atoms with Crippen LogP contribution in [0.2, 0.25) is 0 Å². The van der Waals surface area contributed by atoms with Crippen LogP contribution >= 0.6 is 0 Å². The number of carbonyl (C=O) groups excluding carboxylic acids is 1. The highest BCUT2D eigenvalue weighted by Gasteiger charge is 2.19. The van der Waals surface area contributed by atoms with Crippen LogP contribution in [0.4, 0.5) is 4.79 Å². The predicted octanol–water partition coefficient (Wildman–Crippen LogP) is 1.26. The van der Waals surface area contributed by atoms with Crippen LogP contribution in [0.5, 0.6) is 0 Å². The molecule has 0 saturated carbocycles. The summed E-state index contributed by atoms with van der Waals surface area (Å²) in [6.45, 7) is 18.1. The number of nitrogens with one attached hydrogen (secondary N) is 1. The van der Waals surface area contributed by atoms with E-state index in [0.717, 1.165) is 6.54 Å². The van der Waals surface area contributed by atoms with Gasteiger partial charge in [-0.15, -0.1) is 0 Å².